The van der Waals surface area contributed by atoms with Gasteiger partial charge in [-0.2, -0.15) is 0 Å². The highest BCUT2D eigenvalue weighted by Gasteiger charge is 2.30. The Labute approximate surface area is 195 Å². The fourth-order valence-electron chi connectivity index (χ4n) is 4.06. The predicted octanol–water partition coefficient (Wildman–Crippen LogP) is 4.84. The van der Waals surface area contributed by atoms with Gasteiger partial charge in [0, 0.05) is 16.5 Å². The smallest absolute Gasteiger partial charge is 0.311 e. The van der Waals surface area contributed by atoms with Gasteiger partial charge in [0.25, 0.3) is 5.91 Å². The lowest BCUT2D eigenvalue weighted by Crippen LogP contribution is -2.27. The van der Waals surface area contributed by atoms with Gasteiger partial charge >= 0.3 is 5.97 Å². The average molecular weight is 473 g/mol. The third kappa shape index (κ3) is 4.63. The van der Waals surface area contributed by atoms with Gasteiger partial charge in [-0.3, -0.25) is 14.9 Å². The molecule has 0 spiro atoms. The van der Waals surface area contributed by atoms with Gasteiger partial charge in [-0.05, 0) is 49.1 Å². The molecule has 3 aromatic heterocycles. The van der Waals surface area contributed by atoms with Crippen molar-refractivity contribution >= 4 is 55.6 Å². The summed E-state index contributed by atoms with van der Waals surface area (Å²) in [6.45, 7) is 8.94. The van der Waals surface area contributed by atoms with Crippen molar-refractivity contribution in [3.8, 4) is 0 Å². The van der Waals surface area contributed by atoms with Crippen molar-refractivity contribution in [3.05, 3.63) is 33.3 Å². The zero-order valence-electron chi connectivity index (χ0n) is 18.8. The summed E-state index contributed by atoms with van der Waals surface area (Å²) >= 11 is 2.57. The van der Waals surface area contributed by atoms with Gasteiger partial charge in [-0.25, -0.2) is 9.97 Å². The number of ether oxygens (including phenoxy) is 1. The third-order valence-corrected chi connectivity index (χ3v) is 7.84. The molecule has 1 atom stereocenters. The van der Waals surface area contributed by atoms with E-state index in [9.17, 15) is 9.59 Å². The van der Waals surface area contributed by atoms with E-state index < -0.39 is 0 Å². The van der Waals surface area contributed by atoms with E-state index in [4.69, 9.17) is 15.5 Å². The second kappa shape index (κ2) is 8.78. The van der Waals surface area contributed by atoms with Crippen molar-refractivity contribution < 1.29 is 14.3 Å². The van der Waals surface area contributed by atoms with E-state index in [1.165, 1.54) is 28.2 Å². The summed E-state index contributed by atoms with van der Waals surface area (Å²) in [6.07, 6.45) is 3.15. The molecule has 9 heteroatoms. The number of aryl methyl sites for hydroxylation is 1. The largest absolute Gasteiger partial charge is 0.466 e. The number of amides is 1. The van der Waals surface area contributed by atoms with E-state index in [-0.39, 0.29) is 23.7 Å². The number of nitrogen functional groups attached to an aromatic ring is 1. The molecule has 0 aromatic carbocycles. The summed E-state index contributed by atoms with van der Waals surface area (Å²) in [4.78, 5) is 34.9. The highest BCUT2D eigenvalue weighted by Crippen LogP contribution is 2.40. The number of pyridine rings is 1. The van der Waals surface area contributed by atoms with E-state index >= 15 is 0 Å². The van der Waals surface area contributed by atoms with E-state index in [1.807, 2.05) is 0 Å². The number of thiophene rings is 1. The number of carbonyl (C=O) groups is 2. The van der Waals surface area contributed by atoms with Crippen LogP contribution in [0.4, 0.5) is 10.8 Å². The Morgan fingerprint density at radius 3 is 2.81 bits per heavy atom. The molecular weight excluding hydrogens is 444 g/mol. The summed E-state index contributed by atoms with van der Waals surface area (Å²) in [6, 6.07) is 2.12. The zero-order chi connectivity index (χ0) is 23.0. The van der Waals surface area contributed by atoms with E-state index in [0.29, 0.717) is 33.9 Å². The first-order chi connectivity index (χ1) is 15.2. The lowest BCUT2D eigenvalue weighted by Gasteiger charge is -2.34. The number of nitrogens with two attached hydrogens (primary N) is 1. The molecule has 1 aliphatic carbocycles. The molecule has 4 rings (SSSR count). The standard InChI is InChI=1S/C23H28N4O3S2/c1-5-30-17(28)10-14-11-31-22(25-14)27-20(29)19-18(24)15-9-12-8-13(23(2,3)4)6-7-16(12)26-21(15)32-19/h9,11,13H,5-8,10,24H2,1-4H3,(H,25,27,29). The molecule has 32 heavy (non-hydrogen) atoms. The van der Waals surface area contributed by atoms with Crippen LogP contribution in [0.25, 0.3) is 10.2 Å². The van der Waals surface area contributed by atoms with Crippen molar-refractivity contribution in [1.82, 2.24) is 9.97 Å². The molecular formula is C23H28N4O3S2. The second-order valence-corrected chi connectivity index (χ2v) is 11.0. The second-order valence-electron chi connectivity index (χ2n) is 9.18. The van der Waals surface area contributed by atoms with Gasteiger partial charge in [0.2, 0.25) is 0 Å². The Morgan fingerprint density at radius 2 is 2.09 bits per heavy atom. The van der Waals surface area contributed by atoms with Crippen LogP contribution in [0.3, 0.4) is 0 Å². The van der Waals surface area contributed by atoms with E-state index in [0.717, 1.165) is 35.2 Å². The highest BCUT2D eigenvalue weighted by molar-refractivity contribution is 7.21. The van der Waals surface area contributed by atoms with Gasteiger partial charge < -0.3 is 10.5 Å². The minimum Gasteiger partial charge on any atom is -0.466 e. The summed E-state index contributed by atoms with van der Waals surface area (Å²) in [5, 5.41) is 5.81. The fraction of sp³-hybridized carbons (Fsp3) is 0.478. The molecule has 0 radical (unpaired) electrons. The molecule has 170 valence electrons. The van der Waals surface area contributed by atoms with Crippen LogP contribution in [-0.2, 0) is 28.8 Å². The summed E-state index contributed by atoms with van der Waals surface area (Å²) in [5.41, 5.74) is 10.0. The SMILES string of the molecule is CCOC(=O)Cc1csc(NC(=O)c2sc3nc4c(cc3c2N)CC(C(C)(C)C)CC4)n1. The normalized spacial score (nSPS) is 16.1. The molecule has 7 nitrogen and oxygen atoms in total. The Kier molecular flexibility index (Phi) is 6.22. The topological polar surface area (TPSA) is 107 Å². The Hall–Kier alpha value is -2.52. The van der Waals surface area contributed by atoms with Crippen LogP contribution in [-0.4, -0.2) is 28.5 Å². The van der Waals surface area contributed by atoms with Crippen molar-refractivity contribution in [2.24, 2.45) is 11.3 Å². The van der Waals surface area contributed by atoms with Crippen LogP contribution in [0.2, 0.25) is 0 Å². The molecule has 3 aromatic rings. The van der Waals surface area contributed by atoms with Gasteiger partial charge in [0.05, 0.1) is 24.4 Å². The number of nitrogens with zero attached hydrogens (tertiary/aromatic N) is 2. The van der Waals surface area contributed by atoms with Crippen molar-refractivity contribution in [2.45, 2.75) is 53.4 Å². The lowest BCUT2D eigenvalue weighted by molar-refractivity contribution is -0.142. The van der Waals surface area contributed by atoms with Gasteiger partial charge in [0.1, 0.15) is 9.71 Å². The highest BCUT2D eigenvalue weighted by atomic mass is 32.1. The first kappa shape index (κ1) is 22.7. The molecule has 0 saturated carbocycles. The minimum absolute atomic E-state index is 0.0796. The van der Waals surface area contributed by atoms with Crippen molar-refractivity contribution in [1.29, 1.82) is 0 Å². The maximum atomic E-state index is 12.9. The fourth-order valence-corrected chi connectivity index (χ4v) is 5.75. The van der Waals surface area contributed by atoms with Crippen LogP contribution < -0.4 is 11.1 Å². The quantitative estimate of drug-likeness (QED) is 0.514. The number of anilines is 2. The average Bonchev–Trinajstić information content (AvgIpc) is 3.29. The Balaban J connectivity index is 1.54. The predicted molar refractivity (Wildman–Crippen MR) is 129 cm³/mol. The van der Waals surface area contributed by atoms with Crippen LogP contribution in [0.1, 0.15) is 60.7 Å². The number of fused-ring (bicyclic) bond motifs is 2. The lowest BCUT2D eigenvalue weighted by atomic mass is 9.71. The van der Waals surface area contributed by atoms with Crippen molar-refractivity contribution in [3.63, 3.8) is 0 Å². The molecule has 0 bridgehead atoms. The number of thiazole rings is 1. The summed E-state index contributed by atoms with van der Waals surface area (Å²) in [5.74, 6) is -0.0492. The van der Waals surface area contributed by atoms with Crippen LogP contribution in [0.15, 0.2) is 11.4 Å². The number of hydrogen-bond acceptors (Lipinski definition) is 8. The third-order valence-electron chi connectivity index (χ3n) is 5.92. The maximum absolute atomic E-state index is 12.9. The minimum atomic E-state index is -0.340. The Morgan fingerprint density at radius 1 is 1.31 bits per heavy atom. The molecule has 1 amide bonds. The van der Waals surface area contributed by atoms with Crippen LogP contribution in [0, 0.1) is 11.3 Å². The number of nitrogens with one attached hydrogen (secondary N) is 1. The maximum Gasteiger partial charge on any atom is 0.311 e. The monoisotopic (exact) mass is 472 g/mol. The van der Waals surface area contributed by atoms with Crippen LogP contribution >= 0.6 is 22.7 Å². The summed E-state index contributed by atoms with van der Waals surface area (Å²) in [7, 11) is 0. The van der Waals surface area contributed by atoms with Crippen molar-refractivity contribution in [2.75, 3.05) is 17.7 Å². The van der Waals surface area contributed by atoms with Gasteiger partial charge in [0.15, 0.2) is 5.13 Å². The van der Waals surface area contributed by atoms with Gasteiger partial charge in [-0.15, -0.1) is 22.7 Å². The number of hydrogen-bond donors (Lipinski definition) is 2. The zero-order valence-corrected chi connectivity index (χ0v) is 20.4. The van der Waals surface area contributed by atoms with E-state index in [2.05, 4.69) is 37.1 Å². The first-order valence-electron chi connectivity index (χ1n) is 10.8. The van der Waals surface area contributed by atoms with E-state index in [1.54, 1.807) is 12.3 Å². The van der Waals surface area contributed by atoms with Gasteiger partial charge in [-0.1, -0.05) is 20.8 Å². The van der Waals surface area contributed by atoms with Crippen LogP contribution in [0.5, 0.6) is 0 Å². The Bertz CT molecular complexity index is 1180. The number of aromatic nitrogens is 2. The molecule has 1 unspecified atom stereocenters. The number of esters is 1. The number of rotatable bonds is 5. The molecule has 3 heterocycles. The summed E-state index contributed by atoms with van der Waals surface area (Å²) < 4.78 is 4.94. The number of carbonyl (C=O) groups excluding carboxylic acids is 2. The molecule has 3 N–H and O–H groups in total. The molecule has 1 aliphatic rings. The molecule has 0 aliphatic heterocycles. The first-order valence-corrected chi connectivity index (χ1v) is 12.5. The molecule has 0 fully saturated rings. The molecule has 0 saturated heterocycles.